The van der Waals surface area contributed by atoms with Gasteiger partial charge in [0.15, 0.2) is 0 Å². The first-order chi connectivity index (χ1) is 8.49. The summed E-state index contributed by atoms with van der Waals surface area (Å²) in [6, 6.07) is 6.23. The molecule has 0 aliphatic carbocycles. The Labute approximate surface area is 110 Å². The molecule has 0 fully saturated rings. The van der Waals surface area contributed by atoms with Gasteiger partial charge in [0, 0.05) is 6.42 Å². The van der Waals surface area contributed by atoms with Crippen molar-refractivity contribution >= 4 is 5.78 Å². The van der Waals surface area contributed by atoms with Gasteiger partial charge in [0.05, 0.1) is 6.61 Å². The van der Waals surface area contributed by atoms with E-state index in [1.165, 1.54) is 11.1 Å². The zero-order valence-corrected chi connectivity index (χ0v) is 12.0. The highest BCUT2D eigenvalue weighted by Gasteiger charge is 2.03. The molecule has 0 radical (unpaired) electrons. The van der Waals surface area contributed by atoms with Crippen molar-refractivity contribution in [3.63, 3.8) is 0 Å². The van der Waals surface area contributed by atoms with E-state index in [-0.39, 0.29) is 5.78 Å². The summed E-state index contributed by atoms with van der Waals surface area (Å²) in [7, 11) is 0. The number of carbonyl (C=O) groups is 1. The van der Waals surface area contributed by atoms with Gasteiger partial charge in [-0.25, -0.2) is 0 Å². The Morgan fingerprint density at radius 1 is 1.33 bits per heavy atom. The maximum atomic E-state index is 10.9. The minimum atomic E-state index is 0.268. The van der Waals surface area contributed by atoms with Crippen molar-refractivity contribution in [1.29, 1.82) is 0 Å². The molecule has 0 spiro atoms. The van der Waals surface area contributed by atoms with E-state index < -0.39 is 0 Å². The lowest BCUT2D eigenvalue weighted by Crippen LogP contribution is -2.05. The van der Waals surface area contributed by atoms with Crippen molar-refractivity contribution in [3.05, 3.63) is 29.3 Å². The Morgan fingerprint density at radius 2 is 2.06 bits per heavy atom. The first kappa shape index (κ1) is 14.7. The highest BCUT2D eigenvalue weighted by atomic mass is 16.5. The minimum absolute atomic E-state index is 0.268. The number of ether oxygens (including phenoxy) is 1. The number of Topliss-reactive ketones (excluding diaryl/α,β-unsaturated/α-hetero) is 1. The van der Waals surface area contributed by atoms with E-state index in [2.05, 4.69) is 32.9 Å². The summed E-state index contributed by atoms with van der Waals surface area (Å²) in [6.45, 7) is 8.79. The molecule has 0 saturated heterocycles. The number of aryl methyl sites for hydroxylation is 2. The number of benzene rings is 1. The van der Waals surface area contributed by atoms with E-state index in [0.29, 0.717) is 12.3 Å². The van der Waals surface area contributed by atoms with Crippen LogP contribution in [0.2, 0.25) is 0 Å². The lowest BCUT2D eigenvalue weighted by molar-refractivity contribution is -0.117. The molecule has 2 heteroatoms. The molecule has 0 aliphatic rings. The Kier molecular flexibility index (Phi) is 5.90. The quantitative estimate of drug-likeness (QED) is 0.730. The van der Waals surface area contributed by atoms with E-state index in [1.807, 2.05) is 6.07 Å². The Morgan fingerprint density at radius 3 is 2.61 bits per heavy atom. The van der Waals surface area contributed by atoms with E-state index in [9.17, 15) is 4.79 Å². The van der Waals surface area contributed by atoms with Crippen molar-refractivity contribution in [2.75, 3.05) is 6.61 Å². The van der Waals surface area contributed by atoms with Gasteiger partial charge in [0.1, 0.15) is 11.5 Å². The summed E-state index contributed by atoms with van der Waals surface area (Å²) in [6.07, 6.45) is 2.57. The zero-order chi connectivity index (χ0) is 13.5. The SMILES string of the molecule is CC(=O)CCCc1ccc(OCC(C)C)cc1C. The largest absolute Gasteiger partial charge is 0.493 e. The zero-order valence-electron chi connectivity index (χ0n) is 12.0. The van der Waals surface area contributed by atoms with E-state index in [4.69, 9.17) is 4.74 Å². The highest BCUT2D eigenvalue weighted by molar-refractivity contribution is 5.75. The predicted molar refractivity (Wildman–Crippen MR) is 75.1 cm³/mol. The third-order valence-electron chi connectivity index (χ3n) is 2.87. The monoisotopic (exact) mass is 248 g/mol. The maximum absolute atomic E-state index is 10.9. The third-order valence-corrected chi connectivity index (χ3v) is 2.87. The van der Waals surface area contributed by atoms with E-state index in [0.717, 1.165) is 25.2 Å². The summed E-state index contributed by atoms with van der Waals surface area (Å²) >= 11 is 0. The van der Waals surface area contributed by atoms with Gasteiger partial charge in [-0.3, -0.25) is 0 Å². The molecule has 2 nitrogen and oxygen atoms in total. The second-order valence-corrected chi connectivity index (χ2v) is 5.35. The highest BCUT2D eigenvalue weighted by Crippen LogP contribution is 2.19. The Bertz CT molecular complexity index is 394. The van der Waals surface area contributed by atoms with Gasteiger partial charge in [0.25, 0.3) is 0 Å². The van der Waals surface area contributed by atoms with Crippen molar-refractivity contribution in [1.82, 2.24) is 0 Å². The van der Waals surface area contributed by atoms with Crippen LogP contribution in [0.25, 0.3) is 0 Å². The Balaban J connectivity index is 2.53. The summed E-state index contributed by atoms with van der Waals surface area (Å²) in [4.78, 5) is 10.9. The summed E-state index contributed by atoms with van der Waals surface area (Å²) in [5.41, 5.74) is 2.56. The molecule has 100 valence electrons. The van der Waals surface area contributed by atoms with Gasteiger partial charge in [-0.15, -0.1) is 0 Å². The molecule has 0 heterocycles. The average Bonchev–Trinajstić information content (AvgIpc) is 2.28. The van der Waals surface area contributed by atoms with Crippen LogP contribution in [0.15, 0.2) is 18.2 Å². The first-order valence-corrected chi connectivity index (χ1v) is 6.71. The maximum Gasteiger partial charge on any atom is 0.129 e. The second kappa shape index (κ2) is 7.20. The van der Waals surface area contributed by atoms with Crippen LogP contribution in [-0.2, 0) is 11.2 Å². The summed E-state index contributed by atoms with van der Waals surface area (Å²) < 4.78 is 5.69. The number of ketones is 1. The van der Waals surface area contributed by atoms with Gasteiger partial charge in [0.2, 0.25) is 0 Å². The van der Waals surface area contributed by atoms with Crippen LogP contribution in [-0.4, -0.2) is 12.4 Å². The molecule has 0 amide bonds. The van der Waals surface area contributed by atoms with Crippen molar-refractivity contribution < 1.29 is 9.53 Å². The molecule has 0 N–H and O–H groups in total. The van der Waals surface area contributed by atoms with Crippen molar-refractivity contribution in [3.8, 4) is 5.75 Å². The van der Waals surface area contributed by atoms with Gasteiger partial charge in [-0.1, -0.05) is 19.9 Å². The predicted octanol–water partition coefficient (Wildman–Crippen LogP) is 3.94. The van der Waals surface area contributed by atoms with Crippen LogP contribution < -0.4 is 4.74 Å². The standard InChI is InChI=1S/C16H24O2/c1-12(2)11-18-16-9-8-15(13(3)10-16)7-5-6-14(4)17/h8-10,12H,5-7,11H2,1-4H3. The van der Waals surface area contributed by atoms with Crippen molar-refractivity contribution in [2.24, 2.45) is 5.92 Å². The van der Waals surface area contributed by atoms with Gasteiger partial charge in [-0.2, -0.15) is 0 Å². The lowest BCUT2D eigenvalue weighted by atomic mass is 10.0. The smallest absolute Gasteiger partial charge is 0.129 e. The molecule has 1 aromatic rings. The fourth-order valence-electron chi connectivity index (χ4n) is 1.83. The molecule has 0 atom stereocenters. The summed E-state index contributed by atoms with van der Waals surface area (Å²) in [5.74, 6) is 1.75. The average molecular weight is 248 g/mol. The molecule has 0 bridgehead atoms. The molecular weight excluding hydrogens is 224 g/mol. The number of hydrogen-bond donors (Lipinski definition) is 0. The van der Waals surface area contributed by atoms with Crippen LogP contribution in [0.3, 0.4) is 0 Å². The van der Waals surface area contributed by atoms with Gasteiger partial charge < -0.3 is 9.53 Å². The van der Waals surface area contributed by atoms with Crippen LogP contribution in [0.4, 0.5) is 0 Å². The molecular formula is C16H24O2. The number of rotatable bonds is 7. The van der Waals surface area contributed by atoms with E-state index in [1.54, 1.807) is 6.92 Å². The fraction of sp³-hybridized carbons (Fsp3) is 0.562. The summed E-state index contributed by atoms with van der Waals surface area (Å²) in [5, 5.41) is 0. The van der Waals surface area contributed by atoms with Gasteiger partial charge in [-0.05, 0) is 55.9 Å². The molecule has 1 aromatic carbocycles. The van der Waals surface area contributed by atoms with Crippen LogP contribution >= 0.6 is 0 Å². The molecule has 0 aromatic heterocycles. The fourth-order valence-corrected chi connectivity index (χ4v) is 1.83. The molecule has 1 rings (SSSR count). The topological polar surface area (TPSA) is 26.3 Å². The van der Waals surface area contributed by atoms with Crippen LogP contribution in [0, 0.1) is 12.8 Å². The third kappa shape index (κ3) is 5.35. The normalized spacial score (nSPS) is 10.7. The first-order valence-electron chi connectivity index (χ1n) is 6.71. The number of hydrogen-bond acceptors (Lipinski definition) is 2. The molecule has 0 saturated carbocycles. The minimum Gasteiger partial charge on any atom is -0.493 e. The number of carbonyl (C=O) groups excluding carboxylic acids is 1. The second-order valence-electron chi connectivity index (χ2n) is 5.35. The van der Waals surface area contributed by atoms with Crippen LogP contribution in [0.1, 0.15) is 44.7 Å². The molecule has 0 aliphatic heterocycles. The molecule has 0 unspecified atom stereocenters. The van der Waals surface area contributed by atoms with Gasteiger partial charge >= 0.3 is 0 Å². The lowest BCUT2D eigenvalue weighted by Gasteiger charge is -2.11. The van der Waals surface area contributed by atoms with Crippen LogP contribution in [0.5, 0.6) is 5.75 Å². The van der Waals surface area contributed by atoms with E-state index >= 15 is 0 Å². The van der Waals surface area contributed by atoms with Crippen molar-refractivity contribution in [2.45, 2.75) is 47.0 Å². The Hall–Kier alpha value is -1.31. The molecule has 18 heavy (non-hydrogen) atoms.